The van der Waals surface area contributed by atoms with Crippen LogP contribution in [0.5, 0.6) is 11.5 Å². The molecular weight excluding hydrogens is 462 g/mol. The summed E-state index contributed by atoms with van der Waals surface area (Å²) >= 11 is 6.26. The van der Waals surface area contributed by atoms with Gasteiger partial charge in [-0.2, -0.15) is 0 Å². The number of ketones is 1. The number of piperidine rings is 1. The molecule has 0 aliphatic carbocycles. The van der Waals surface area contributed by atoms with Crippen molar-refractivity contribution in [1.29, 1.82) is 0 Å². The van der Waals surface area contributed by atoms with Crippen molar-refractivity contribution in [1.82, 2.24) is 9.88 Å². The molecule has 0 saturated carbocycles. The van der Waals surface area contributed by atoms with Crippen LogP contribution in [0.1, 0.15) is 43.0 Å². The number of rotatable bonds is 6. The predicted molar refractivity (Wildman–Crippen MR) is 141 cm³/mol. The van der Waals surface area contributed by atoms with Crippen molar-refractivity contribution in [2.24, 2.45) is 5.92 Å². The lowest BCUT2D eigenvalue weighted by atomic mass is 9.94. The zero-order valence-corrected chi connectivity index (χ0v) is 21.1. The molecule has 2 aromatic carbocycles. The largest absolute Gasteiger partial charge is 0.503 e. The Morgan fingerprint density at radius 1 is 1.11 bits per heavy atom. The number of carbonyl (C=O) groups is 1. The first-order valence-corrected chi connectivity index (χ1v) is 12.8. The van der Waals surface area contributed by atoms with Gasteiger partial charge in [-0.3, -0.25) is 9.78 Å². The molecule has 184 valence electrons. The van der Waals surface area contributed by atoms with E-state index in [0.29, 0.717) is 17.2 Å². The van der Waals surface area contributed by atoms with Gasteiger partial charge in [0.25, 0.3) is 0 Å². The number of likely N-dealkylation sites (tertiary alicyclic amines) is 1. The molecular formula is C28H32ClN3O3. The van der Waals surface area contributed by atoms with Crippen LogP contribution in [0.25, 0.3) is 22.0 Å². The Hall–Kier alpha value is -2.83. The van der Waals surface area contributed by atoms with Crippen molar-refractivity contribution in [3.63, 3.8) is 0 Å². The van der Waals surface area contributed by atoms with Crippen LogP contribution in [0.2, 0.25) is 5.02 Å². The van der Waals surface area contributed by atoms with E-state index in [0.717, 1.165) is 53.6 Å². The summed E-state index contributed by atoms with van der Waals surface area (Å²) in [4.78, 5) is 22.2. The monoisotopic (exact) mass is 493 g/mol. The van der Waals surface area contributed by atoms with Crippen LogP contribution in [0.15, 0.2) is 36.5 Å². The number of pyridine rings is 1. The Bertz CT molecular complexity index is 1250. The Kier molecular flexibility index (Phi) is 6.85. The Morgan fingerprint density at radius 3 is 2.54 bits per heavy atom. The van der Waals surface area contributed by atoms with Crippen molar-refractivity contribution in [2.45, 2.75) is 32.6 Å². The van der Waals surface area contributed by atoms with Crippen LogP contribution in [0.4, 0.5) is 5.69 Å². The van der Waals surface area contributed by atoms with E-state index in [-0.39, 0.29) is 16.6 Å². The number of hydrogen-bond acceptors (Lipinski definition) is 6. The SMILES string of the molecule is COc1cc(-c2ccc3ncc(C(C)=O)c(N4CCC(CN5CCCC5)CC4)c3c2)cc(Cl)c1O. The van der Waals surface area contributed by atoms with E-state index in [1.54, 1.807) is 25.3 Å². The lowest BCUT2D eigenvalue weighted by Crippen LogP contribution is -2.38. The van der Waals surface area contributed by atoms with Crippen molar-refractivity contribution >= 4 is 34.0 Å². The number of ether oxygens (including phenoxy) is 1. The van der Waals surface area contributed by atoms with Gasteiger partial charge in [0.15, 0.2) is 17.3 Å². The number of hydrogen-bond donors (Lipinski definition) is 1. The number of fused-ring (bicyclic) bond motifs is 1. The first kappa shape index (κ1) is 23.9. The standard InChI is InChI=1S/C28H32ClN3O3/c1-18(33)23-16-30-25-6-5-20(21-14-24(29)28(34)26(15-21)35-2)13-22(25)27(23)32-11-7-19(8-12-32)17-31-9-3-4-10-31/h5-6,13-16,19,34H,3-4,7-12,17H2,1-2H3. The van der Waals surface area contributed by atoms with Gasteiger partial charge in [0.1, 0.15) is 0 Å². The fourth-order valence-electron chi connectivity index (χ4n) is 5.52. The molecule has 1 N–H and O–H groups in total. The van der Waals surface area contributed by atoms with Crippen molar-refractivity contribution in [2.75, 3.05) is 44.7 Å². The molecule has 0 bridgehead atoms. The minimum Gasteiger partial charge on any atom is -0.503 e. The van der Waals surface area contributed by atoms with Gasteiger partial charge in [-0.15, -0.1) is 0 Å². The quantitative estimate of drug-likeness (QED) is 0.439. The second kappa shape index (κ2) is 10.0. The zero-order chi connectivity index (χ0) is 24.5. The third-order valence-corrected chi connectivity index (χ3v) is 7.73. The molecule has 0 amide bonds. The summed E-state index contributed by atoms with van der Waals surface area (Å²) in [5.74, 6) is 0.981. The molecule has 6 nitrogen and oxygen atoms in total. The first-order chi connectivity index (χ1) is 16.9. The molecule has 5 rings (SSSR count). The van der Waals surface area contributed by atoms with Gasteiger partial charge >= 0.3 is 0 Å². The van der Waals surface area contributed by atoms with Crippen molar-refractivity contribution < 1.29 is 14.6 Å². The van der Waals surface area contributed by atoms with E-state index in [1.807, 2.05) is 12.1 Å². The normalized spacial score (nSPS) is 17.3. The highest BCUT2D eigenvalue weighted by Gasteiger charge is 2.26. The number of phenolic OH excluding ortho intramolecular Hbond substituents is 1. The highest BCUT2D eigenvalue weighted by Crippen LogP contribution is 2.40. The first-order valence-electron chi connectivity index (χ1n) is 12.4. The van der Waals surface area contributed by atoms with Crippen molar-refractivity contribution in [3.05, 3.63) is 47.1 Å². The van der Waals surface area contributed by atoms with E-state index in [2.05, 4.69) is 20.9 Å². The number of phenols is 1. The number of Topliss-reactive ketones (excluding diaryl/α,β-unsaturated/α-hetero) is 1. The molecule has 7 heteroatoms. The molecule has 0 atom stereocenters. The van der Waals surface area contributed by atoms with Gasteiger partial charge in [0, 0.05) is 31.2 Å². The number of carbonyl (C=O) groups excluding carboxylic acids is 1. The fourth-order valence-corrected chi connectivity index (χ4v) is 5.73. The van der Waals surface area contributed by atoms with E-state index in [1.165, 1.54) is 39.6 Å². The van der Waals surface area contributed by atoms with E-state index in [4.69, 9.17) is 16.3 Å². The molecule has 3 aromatic rings. The number of anilines is 1. The third kappa shape index (κ3) is 4.82. The van der Waals surface area contributed by atoms with Crippen LogP contribution < -0.4 is 9.64 Å². The summed E-state index contributed by atoms with van der Waals surface area (Å²) in [6.07, 6.45) is 6.62. The summed E-state index contributed by atoms with van der Waals surface area (Å²) in [6, 6.07) is 9.53. The van der Waals surface area contributed by atoms with Crippen LogP contribution in [0, 0.1) is 5.92 Å². The summed E-state index contributed by atoms with van der Waals surface area (Å²) in [6.45, 7) is 7.14. The van der Waals surface area contributed by atoms with Crippen LogP contribution in [0.3, 0.4) is 0 Å². The lowest BCUT2D eigenvalue weighted by Gasteiger charge is -2.36. The Balaban J connectivity index is 1.51. The average Bonchev–Trinajstić information content (AvgIpc) is 3.38. The van der Waals surface area contributed by atoms with E-state index < -0.39 is 0 Å². The van der Waals surface area contributed by atoms with Gasteiger partial charge in [-0.05, 0) is 87.0 Å². The number of methoxy groups -OCH3 is 1. The number of benzene rings is 2. The third-order valence-electron chi connectivity index (χ3n) is 7.45. The van der Waals surface area contributed by atoms with Gasteiger partial charge < -0.3 is 19.6 Å². The topological polar surface area (TPSA) is 65.9 Å². The number of aromatic nitrogens is 1. The molecule has 1 aromatic heterocycles. The predicted octanol–water partition coefficient (Wildman–Crippen LogP) is 5.78. The minimum absolute atomic E-state index is 0.0216. The number of nitrogens with zero attached hydrogens (tertiary/aromatic N) is 3. The van der Waals surface area contributed by atoms with Crippen molar-refractivity contribution in [3.8, 4) is 22.6 Å². The van der Waals surface area contributed by atoms with Gasteiger partial charge in [-0.25, -0.2) is 0 Å². The van der Waals surface area contributed by atoms with Crippen LogP contribution in [-0.4, -0.2) is 60.6 Å². The molecule has 2 fully saturated rings. The summed E-state index contributed by atoms with van der Waals surface area (Å²) in [7, 11) is 1.50. The minimum atomic E-state index is -0.0725. The molecule has 3 heterocycles. The molecule has 0 radical (unpaired) electrons. The van der Waals surface area contributed by atoms with Gasteiger partial charge in [-0.1, -0.05) is 17.7 Å². The number of aromatic hydroxyl groups is 1. The Labute approximate surface area is 211 Å². The van der Waals surface area contributed by atoms with Gasteiger partial charge in [0.05, 0.1) is 28.9 Å². The smallest absolute Gasteiger partial charge is 0.176 e. The zero-order valence-electron chi connectivity index (χ0n) is 20.4. The molecule has 2 aliphatic heterocycles. The highest BCUT2D eigenvalue weighted by atomic mass is 35.5. The Morgan fingerprint density at radius 2 is 1.86 bits per heavy atom. The van der Waals surface area contributed by atoms with Crippen LogP contribution in [-0.2, 0) is 0 Å². The maximum atomic E-state index is 12.6. The fraction of sp³-hybridized carbons (Fsp3) is 0.429. The second-order valence-electron chi connectivity index (χ2n) is 9.76. The summed E-state index contributed by atoms with van der Waals surface area (Å²) < 4.78 is 5.30. The highest BCUT2D eigenvalue weighted by molar-refractivity contribution is 6.32. The van der Waals surface area contributed by atoms with E-state index >= 15 is 0 Å². The molecule has 2 aliphatic rings. The molecule has 35 heavy (non-hydrogen) atoms. The molecule has 2 saturated heterocycles. The number of halogens is 1. The molecule has 0 unspecified atom stereocenters. The van der Waals surface area contributed by atoms with Crippen LogP contribution >= 0.6 is 11.6 Å². The maximum Gasteiger partial charge on any atom is 0.176 e. The second-order valence-corrected chi connectivity index (χ2v) is 10.2. The summed E-state index contributed by atoms with van der Waals surface area (Å²) in [5.41, 5.74) is 4.24. The summed E-state index contributed by atoms with van der Waals surface area (Å²) in [5, 5.41) is 11.3. The van der Waals surface area contributed by atoms with Gasteiger partial charge in [0.2, 0.25) is 0 Å². The molecule has 0 spiro atoms. The maximum absolute atomic E-state index is 12.6. The lowest BCUT2D eigenvalue weighted by molar-refractivity contribution is 0.101. The van der Waals surface area contributed by atoms with E-state index in [9.17, 15) is 9.90 Å². The average molecular weight is 494 g/mol.